The number of nitrogens with zero attached hydrogens (tertiary/aromatic N) is 1. The quantitative estimate of drug-likeness (QED) is 0.883. The van der Waals surface area contributed by atoms with E-state index in [2.05, 4.69) is 24.1 Å². The van der Waals surface area contributed by atoms with Crippen LogP contribution in [0.4, 0.5) is 0 Å². The van der Waals surface area contributed by atoms with Gasteiger partial charge in [0.2, 0.25) is 0 Å². The zero-order chi connectivity index (χ0) is 13.2. The Labute approximate surface area is 114 Å². The summed E-state index contributed by atoms with van der Waals surface area (Å²) >= 11 is 0. The molecule has 0 radical (unpaired) electrons. The molecular weight excluding hydrogens is 240 g/mol. The number of fused-ring (bicyclic) bond motifs is 1. The van der Waals surface area contributed by atoms with Crippen LogP contribution < -0.4 is 15.2 Å². The van der Waals surface area contributed by atoms with Crippen LogP contribution in [0.25, 0.3) is 0 Å². The third kappa shape index (κ3) is 2.42. The average molecular weight is 262 g/mol. The Kier molecular flexibility index (Phi) is 3.62. The molecule has 1 aromatic carbocycles. The highest BCUT2D eigenvalue weighted by atomic mass is 16.5. The van der Waals surface area contributed by atoms with Gasteiger partial charge in [-0.15, -0.1) is 0 Å². The number of hydrogen-bond acceptors (Lipinski definition) is 4. The predicted molar refractivity (Wildman–Crippen MR) is 74.6 cm³/mol. The van der Waals surface area contributed by atoms with Crippen LogP contribution in [-0.4, -0.2) is 38.3 Å². The monoisotopic (exact) mass is 262 g/mol. The molecule has 0 aromatic heterocycles. The molecule has 104 valence electrons. The second kappa shape index (κ2) is 5.39. The summed E-state index contributed by atoms with van der Waals surface area (Å²) in [5.74, 6) is 2.28. The van der Waals surface area contributed by atoms with Gasteiger partial charge < -0.3 is 15.2 Å². The minimum absolute atomic E-state index is 0.405. The normalized spacial score (nSPS) is 27.3. The van der Waals surface area contributed by atoms with Crippen molar-refractivity contribution in [1.82, 2.24) is 4.90 Å². The first-order chi connectivity index (χ1) is 9.29. The summed E-state index contributed by atoms with van der Waals surface area (Å²) in [6, 6.07) is 6.73. The van der Waals surface area contributed by atoms with Crippen molar-refractivity contribution in [3.8, 4) is 11.5 Å². The van der Waals surface area contributed by atoms with Crippen molar-refractivity contribution < 1.29 is 9.47 Å². The SMILES string of the molecule is CN1CCC(CN)C1c1ccc2c(c1)OCCCO2. The first-order valence-electron chi connectivity index (χ1n) is 7.09. The Hall–Kier alpha value is -1.26. The maximum Gasteiger partial charge on any atom is 0.161 e. The summed E-state index contributed by atoms with van der Waals surface area (Å²) in [6.45, 7) is 3.32. The molecule has 2 N–H and O–H groups in total. The van der Waals surface area contributed by atoms with Crippen molar-refractivity contribution in [2.75, 3.05) is 33.4 Å². The lowest BCUT2D eigenvalue weighted by molar-refractivity contribution is 0.277. The molecule has 19 heavy (non-hydrogen) atoms. The van der Waals surface area contributed by atoms with Gasteiger partial charge in [-0.1, -0.05) is 6.07 Å². The Bertz CT molecular complexity index is 450. The minimum Gasteiger partial charge on any atom is -0.490 e. The molecule has 1 aromatic rings. The van der Waals surface area contributed by atoms with Gasteiger partial charge in [-0.2, -0.15) is 0 Å². The smallest absolute Gasteiger partial charge is 0.161 e. The van der Waals surface area contributed by atoms with E-state index in [0.717, 1.165) is 44.2 Å². The largest absolute Gasteiger partial charge is 0.490 e. The van der Waals surface area contributed by atoms with Crippen molar-refractivity contribution >= 4 is 0 Å². The fourth-order valence-electron chi connectivity index (χ4n) is 3.16. The number of likely N-dealkylation sites (tertiary alicyclic amines) is 1. The summed E-state index contributed by atoms with van der Waals surface area (Å²) in [7, 11) is 2.17. The molecule has 1 saturated heterocycles. The van der Waals surface area contributed by atoms with Gasteiger partial charge in [0.25, 0.3) is 0 Å². The minimum atomic E-state index is 0.405. The molecule has 0 bridgehead atoms. The lowest BCUT2D eigenvalue weighted by atomic mass is 9.93. The maximum atomic E-state index is 5.90. The topological polar surface area (TPSA) is 47.7 Å². The van der Waals surface area contributed by atoms with Crippen molar-refractivity contribution in [2.24, 2.45) is 11.7 Å². The average Bonchev–Trinajstić information content (AvgIpc) is 2.66. The lowest BCUT2D eigenvalue weighted by Gasteiger charge is -2.25. The first kappa shape index (κ1) is 12.8. The molecule has 0 amide bonds. The van der Waals surface area contributed by atoms with Gasteiger partial charge in [-0.25, -0.2) is 0 Å². The van der Waals surface area contributed by atoms with E-state index in [0.29, 0.717) is 12.0 Å². The third-order valence-electron chi connectivity index (χ3n) is 4.19. The third-order valence-corrected chi connectivity index (χ3v) is 4.19. The van der Waals surface area contributed by atoms with E-state index in [1.807, 2.05) is 6.07 Å². The molecule has 0 spiro atoms. The molecule has 0 aliphatic carbocycles. The van der Waals surface area contributed by atoms with Crippen LogP contribution in [0.2, 0.25) is 0 Å². The van der Waals surface area contributed by atoms with E-state index in [-0.39, 0.29) is 0 Å². The van der Waals surface area contributed by atoms with Gasteiger partial charge in [0, 0.05) is 12.5 Å². The standard InChI is InChI=1S/C15H22N2O2/c1-17-6-5-12(10-16)15(17)11-3-4-13-14(9-11)19-8-2-7-18-13/h3-4,9,12,15H,2,5-8,10,16H2,1H3. The Balaban J connectivity index is 1.90. The summed E-state index contributed by atoms with van der Waals surface area (Å²) in [5.41, 5.74) is 7.20. The van der Waals surface area contributed by atoms with Gasteiger partial charge in [0.05, 0.1) is 13.2 Å². The van der Waals surface area contributed by atoms with E-state index in [1.165, 1.54) is 12.0 Å². The first-order valence-corrected chi connectivity index (χ1v) is 7.09. The number of rotatable bonds is 2. The van der Waals surface area contributed by atoms with Crippen molar-refractivity contribution in [3.05, 3.63) is 23.8 Å². The molecule has 2 heterocycles. The zero-order valence-electron chi connectivity index (χ0n) is 11.5. The van der Waals surface area contributed by atoms with Crippen molar-refractivity contribution in [1.29, 1.82) is 0 Å². The van der Waals surface area contributed by atoms with Crippen LogP contribution in [0.3, 0.4) is 0 Å². The number of nitrogens with two attached hydrogens (primary N) is 1. The lowest BCUT2D eigenvalue weighted by Crippen LogP contribution is -2.25. The molecule has 1 fully saturated rings. The van der Waals surface area contributed by atoms with Crippen molar-refractivity contribution in [2.45, 2.75) is 18.9 Å². The van der Waals surface area contributed by atoms with E-state index in [9.17, 15) is 0 Å². The van der Waals surface area contributed by atoms with E-state index in [4.69, 9.17) is 15.2 Å². The Morgan fingerprint density at radius 2 is 2.05 bits per heavy atom. The van der Waals surface area contributed by atoms with Crippen LogP contribution in [0.15, 0.2) is 18.2 Å². The van der Waals surface area contributed by atoms with Gasteiger partial charge in [0.1, 0.15) is 0 Å². The fraction of sp³-hybridized carbons (Fsp3) is 0.600. The molecule has 2 aliphatic rings. The van der Waals surface area contributed by atoms with Gasteiger partial charge in [-0.3, -0.25) is 4.90 Å². The van der Waals surface area contributed by atoms with Crippen LogP contribution in [0.5, 0.6) is 11.5 Å². The number of hydrogen-bond donors (Lipinski definition) is 1. The zero-order valence-corrected chi connectivity index (χ0v) is 11.5. The second-order valence-corrected chi connectivity index (χ2v) is 5.47. The van der Waals surface area contributed by atoms with Gasteiger partial charge >= 0.3 is 0 Å². The number of benzene rings is 1. The predicted octanol–water partition coefficient (Wildman–Crippen LogP) is 1.80. The summed E-state index contributed by atoms with van der Waals surface area (Å²) in [5, 5.41) is 0. The Morgan fingerprint density at radius 3 is 2.84 bits per heavy atom. The van der Waals surface area contributed by atoms with E-state index >= 15 is 0 Å². The molecule has 2 aliphatic heterocycles. The molecule has 2 unspecified atom stereocenters. The highest BCUT2D eigenvalue weighted by Gasteiger charge is 2.32. The highest BCUT2D eigenvalue weighted by Crippen LogP contribution is 2.39. The molecular formula is C15H22N2O2. The molecule has 0 saturated carbocycles. The fourth-order valence-corrected chi connectivity index (χ4v) is 3.16. The van der Waals surface area contributed by atoms with Crippen LogP contribution in [-0.2, 0) is 0 Å². The molecule has 3 rings (SSSR count). The summed E-state index contributed by atoms with van der Waals surface area (Å²) in [6.07, 6.45) is 2.12. The summed E-state index contributed by atoms with van der Waals surface area (Å²) < 4.78 is 11.5. The summed E-state index contributed by atoms with van der Waals surface area (Å²) in [4.78, 5) is 2.39. The van der Waals surface area contributed by atoms with E-state index < -0.39 is 0 Å². The van der Waals surface area contributed by atoms with Gasteiger partial charge in [-0.05, 0) is 50.2 Å². The van der Waals surface area contributed by atoms with Crippen LogP contribution in [0, 0.1) is 5.92 Å². The van der Waals surface area contributed by atoms with Crippen LogP contribution in [0.1, 0.15) is 24.4 Å². The molecule has 4 heteroatoms. The highest BCUT2D eigenvalue weighted by molar-refractivity contribution is 5.44. The molecule has 4 nitrogen and oxygen atoms in total. The second-order valence-electron chi connectivity index (χ2n) is 5.47. The van der Waals surface area contributed by atoms with Crippen LogP contribution >= 0.6 is 0 Å². The number of ether oxygens (including phenoxy) is 2. The molecule has 2 atom stereocenters. The van der Waals surface area contributed by atoms with Crippen molar-refractivity contribution in [3.63, 3.8) is 0 Å². The Morgan fingerprint density at radius 1 is 1.26 bits per heavy atom. The van der Waals surface area contributed by atoms with E-state index in [1.54, 1.807) is 0 Å². The van der Waals surface area contributed by atoms with Gasteiger partial charge in [0.15, 0.2) is 11.5 Å². The maximum absolute atomic E-state index is 5.90.